The molecule has 1 aliphatic carbocycles. The molecule has 0 saturated heterocycles. The Morgan fingerprint density at radius 3 is 2.92 bits per heavy atom. The van der Waals surface area contributed by atoms with E-state index in [1.807, 2.05) is 0 Å². The molecule has 0 aromatic rings. The van der Waals surface area contributed by atoms with Crippen molar-refractivity contribution in [2.24, 2.45) is 5.92 Å². The van der Waals surface area contributed by atoms with Crippen molar-refractivity contribution < 1.29 is 9.53 Å². The second-order valence-electron chi connectivity index (χ2n) is 3.59. The Balaban J connectivity index is 2.45. The largest absolute Gasteiger partial charge is 0.501 e. The lowest BCUT2D eigenvalue weighted by Crippen LogP contribution is -2.17. The van der Waals surface area contributed by atoms with Crippen LogP contribution in [0.15, 0.2) is 11.8 Å². The molecule has 0 aliphatic heterocycles. The lowest BCUT2D eigenvalue weighted by molar-refractivity contribution is -0.119. The van der Waals surface area contributed by atoms with Gasteiger partial charge in [-0.1, -0.05) is 19.8 Å². The molecule has 1 atom stereocenters. The first kappa shape index (κ1) is 10.3. The van der Waals surface area contributed by atoms with Gasteiger partial charge in [0.2, 0.25) is 0 Å². The Bertz CT molecular complexity index is 206. The third-order valence-corrected chi connectivity index (χ3v) is 2.61. The van der Waals surface area contributed by atoms with E-state index in [4.69, 9.17) is 4.74 Å². The number of carbonyl (C=O) groups excluding carboxylic acids is 1. The fraction of sp³-hybridized carbons (Fsp3) is 0.727. The summed E-state index contributed by atoms with van der Waals surface area (Å²) in [6.45, 7) is 2.16. The number of carbonyl (C=O) groups is 1. The quantitative estimate of drug-likeness (QED) is 0.668. The molecule has 0 heterocycles. The van der Waals surface area contributed by atoms with Crippen LogP contribution in [0.4, 0.5) is 0 Å². The molecule has 0 radical (unpaired) electrons. The van der Waals surface area contributed by atoms with E-state index in [0.717, 1.165) is 31.4 Å². The zero-order valence-electron chi connectivity index (χ0n) is 8.51. The van der Waals surface area contributed by atoms with Crippen molar-refractivity contribution in [3.05, 3.63) is 11.8 Å². The molecule has 2 heteroatoms. The molecule has 0 amide bonds. The highest BCUT2D eigenvalue weighted by Gasteiger charge is 2.21. The molecule has 13 heavy (non-hydrogen) atoms. The van der Waals surface area contributed by atoms with Crippen LogP contribution in [0.1, 0.15) is 39.0 Å². The van der Waals surface area contributed by atoms with E-state index in [-0.39, 0.29) is 11.7 Å². The summed E-state index contributed by atoms with van der Waals surface area (Å²) in [5.74, 6) is 1.37. The maximum atomic E-state index is 11.5. The third kappa shape index (κ3) is 2.87. The lowest BCUT2D eigenvalue weighted by Gasteiger charge is -2.19. The number of allylic oxidation sites excluding steroid dienone is 2. The van der Waals surface area contributed by atoms with Gasteiger partial charge in [0.05, 0.1) is 12.9 Å². The fourth-order valence-electron chi connectivity index (χ4n) is 1.71. The Morgan fingerprint density at radius 1 is 1.62 bits per heavy atom. The second kappa shape index (κ2) is 5.05. The minimum Gasteiger partial charge on any atom is -0.501 e. The van der Waals surface area contributed by atoms with Crippen LogP contribution in [0.2, 0.25) is 0 Å². The van der Waals surface area contributed by atoms with Crippen LogP contribution in [-0.2, 0) is 9.53 Å². The van der Waals surface area contributed by atoms with Gasteiger partial charge in [-0.15, -0.1) is 0 Å². The van der Waals surface area contributed by atoms with Crippen molar-refractivity contribution in [1.29, 1.82) is 0 Å². The summed E-state index contributed by atoms with van der Waals surface area (Å²) in [7, 11) is 1.63. The van der Waals surface area contributed by atoms with Crippen LogP contribution in [0.5, 0.6) is 0 Å². The van der Waals surface area contributed by atoms with E-state index in [2.05, 4.69) is 6.92 Å². The molecule has 1 rings (SSSR count). The van der Waals surface area contributed by atoms with Crippen molar-refractivity contribution in [3.8, 4) is 0 Å². The Kier molecular flexibility index (Phi) is 4.00. The average Bonchev–Trinajstić information content (AvgIpc) is 2.16. The van der Waals surface area contributed by atoms with E-state index in [1.54, 1.807) is 13.2 Å². The van der Waals surface area contributed by atoms with Crippen LogP contribution in [0, 0.1) is 5.92 Å². The van der Waals surface area contributed by atoms with Crippen molar-refractivity contribution in [1.82, 2.24) is 0 Å². The number of hydrogen-bond acceptors (Lipinski definition) is 2. The van der Waals surface area contributed by atoms with Crippen LogP contribution in [0.25, 0.3) is 0 Å². The number of rotatable bonds is 4. The van der Waals surface area contributed by atoms with E-state index in [1.165, 1.54) is 6.42 Å². The van der Waals surface area contributed by atoms with Crippen molar-refractivity contribution in [3.63, 3.8) is 0 Å². The van der Waals surface area contributed by atoms with Gasteiger partial charge in [0.25, 0.3) is 0 Å². The molecular weight excluding hydrogens is 164 g/mol. The maximum absolute atomic E-state index is 11.5. The minimum atomic E-state index is 0.261. The van der Waals surface area contributed by atoms with Crippen LogP contribution >= 0.6 is 0 Å². The molecule has 0 saturated carbocycles. The first-order valence-corrected chi connectivity index (χ1v) is 5.06. The van der Waals surface area contributed by atoms with Gasteiger partial charge >= 0.3 is 0 Å². The van der Waals surface area contributed by atoms with E-state index < -0.39 is 0 Å². The first-order valence-electron chi connectivity index (χ1n) is 5.06. The van der Waals surface area contributed by atoms with Gasteiger partial charge < -0.3 is 4.74 Å². The predicted molar refractivity (Wildman–Crippen MR) is 52.3 cm³/mol. The van der Waals surface area contributed by atoms with Gasteiger partial charge in [0.15, 0.2) is 5.78 Å². The van der Waals surface area contributed by atoms with Gasteiger partial charge in [-0.3, -0.25) is 4.79 Å². The Hall–Kier alpha value is -0.790. The number of methoxy groups -OCH3 is 1. The number of ether oxygens (including phenoxy) is 1. The van der Waals surface area contributed by atoms with Gasteiger partial charge in [0.1, 0.15) is 0 Å². The molecule has 0 aromatic carbocycles. The Morgan fingerprint density at radius 2 is 2.38 bits per heavy atom. The summed E-state index contributed by atoms with van der Waals surface area (Å²) >= 11 is 0. The van der Waals surface area contributed by atoms with Crippen molar-refractivity contribution in [2.75, 3.05) is 7.11 Å². The zero-order chi connectivity index (χ0) is 9.68. The van der Waals surface area contributed by atoms with Crippen molar-refractivity contribution >= 4 is 5.78 Å². The summed E-state index contributed by atoms with van der Waals surface area (Å²) in [4.78, 5) is 11.5. The number of unbranched alkanes of at least 4 members (excludes halogenated alkanes) is 1. The van der Waals surface area contributed by atoms with Gasteiger partial charge in [-0.2, -0.15) is 0 Å². The van der Waals surface area contributed by atoms with Crippen LogP contribution < -0.4 is 0 Å². The highest BCUT2D eigenvalue weighted by Crippen LogP contribution is 2.25. The van der Waals surface area contributed by atoms with Crippen LogP contribution in [-0.4, -0.2) is 12.9 Å². The van der Waals surface area contributed by atoms with Gasteiger partial charge in [-0.05, 0) is 12.8 Å². The topological polar surface area (TPSA) is 26.3 Å². The SMILES string of the molecule is CCCCC1CCC(OC)=CC1=O. The molecule has 1 unspecified atom stereocenters. The van der Waals surface area contributed by atoms with Crippen molar-refractivity contribution in [2.45, 2.75) is 39.0 Å². The van der Waals surface area contributed by atoms with E-state index in [0.29, 0.717) is 0 Å². The van der Waals surface area contributed by atoms with Gasteiger partial charge in [0, 0.05) is 18.4 Å². The van der Waals surface area contributed by atoms with E-state index in [9.17, 15) is 4.79 Å². The standard InChI is InChI=1S/C11H18O2/c1-3-4-5-9-6-7-10(13-2)8-11(9)12/h8-9H,3-7H2,1-2H3. The molecule has 74 valence electrons. The lowest BCUT2D eigenvalue weighted by atomic mass is 9.88. The monoisotopic (exact) mass is 182 g/mol. The molecule has 0 N–H and O–H groups in total. The van der Waals surface area contributed by atoms with Crippen LogP contribution in [0.3, 0.4) is 0 Å². The number of hydrogen-bond donors (Lipinski definition) is 0. The minimum absolute atomic E-state index is 0.261. The zero-order valence-corrected chi connectivity index (χ0v) is 8.51. The summed E-state index contributed by atoms with van der Waals surface area (Å²) < 4.78 is 5.05. The second-order valence-corrected chi connectivity index (χ2v) is 3.59. The molecule has 0 aromatic heterocycles. The maximum Gasteiger partial charge on any atom is 0.162 e. The molecule has 0 spiro atoms. The van der Waals surface area contributed by atoms with E-state index >= 15 is 0 Å². The summed E-state index contributed by atoms with van der Waals surface area (Å²) in [5, 5.41) is 0. The molecule has 0 fully saturated rings. The summed E-state index contributed by atoms with van der Waals surface area (Å²) in [5.41, 5.74) is 0. The number of ketones is 1. The highest BCUT2D eigenvalue weighted by atomic mass is 16.5. The first-order chi connectivity index (χ1) is 6.27. The molecular formula is C11H18O2. The Labute approximate surface area is 80.0 Å². The smallest absolute Gasteiger partial charge is 0.162 e. The molecule has 2 nitrogen and oxygen atoms in total. The average molecular weight is 182 g/mol. The third-order valence-electron chi connectivity index (χ3n) is 2.61. The van der Waals surface area contributed by atoms with Gasteiger partial charge in [-0.25, -0.2) is 0 Å². The predicted octanol–water partition coefficient (Wildman–Crippen LogP) is 2.69. The fourth-order valence-corrected chi connectivity index (χ4v) is 1.71. The summed E-state index contributed by atoms with van der Waals surface area (Å²) in [6.07, 6.45) is 6.94. The normalized spacial score (nSPS) is 22.8. The highest BCUT2D eigenvalue weighted by molar-refractivity contribution is 5.92. The molecule has 0 bridgehead atoms. The summed E-state index contributed by atoms with van der Waals surface area (Å²) in [6, 6.07) is 0. The molecule has 1 aliphatic rings.